The summed E-state index contributed by atoms with van der Waals surface area (Å²) < 4.78 is 10.9. The summed E-state index contributed by atoms with van der Waals surface area (Å²) in [6.07, 6.45) is 4.48. The van der Waals surface area contributed by atoms with Gasteiger partial charge in [0.05, 0.1) is 25.6 Å². The minimum atomic E-state index is 0.585. The van der Waals surface area contributed by atoms with Crippen LogP contribution < -0.4 is 30.7 Å². The molecule has 0 spiro atoms. The topological polar surface area (TPSA) is 84.7 Å². The third kappa shape index (κ3) is 3.46. The van der Waals surface area contributed by atoms with E-state index in [1.165, 1.54) is 5.56 Å². The van der Waals surface area contributed by atoms with E-state index in [9.17, 15) is 0 Å². The summed E-state index contributed by atoms with van der Waals surface area (Å²) in [5.74, 6) is 2.79. The molecular formula is C19H25N5O2. The highest BCUT2D eigenvalue weighted by atomic mass is 16.5. The zero-order chi connectivity index (χ0) is 18.5. The Bertz CT molecular complexity index is 792. The fourth-order valence-electron chi connectivity index (χ4n) is 3.04. The summed E-state index contributed by atoms with van der Waals surface area (Å²) in [5, 5.41) is 6.62. The molecule has 0 fully saturated rings. The Morgan fingerprint density at radius 2 is 1.85 bits per heavy atom. The molecule has 0 atom stereocenters. The second-order valence-electron chi connectivity index (χ2n) is 5.90. The first-order chi connectivity index (χ1) is 12.7. The quantitative estimate of drug-likeness (QED) is 0.702. The van der Waals surface area contributed by atoms with Crippen molar-refractivity contribution in [3.63, 3.8) is 0 Å². The fourth-order valence-corrected chi connectivity index (χ4v) is 3.04. The van der Waals surface area contributed by atoms with Crippen LogP contribution in [0.25, 0.3) is 0 Å². The number of anilines is 2. The summed E-state index contributed by atoms with van der Waals surface area (Å²) in [6.45, 7) is 3.58. The number of pyridine rings is 1. The third-order valence-corrected chi connectivity index (χ3v) is 4.30. The van der Waals surface area contributed by atoms with E-state index < -0.39 is 0 Å². The average molecular weight is 355 g/mol. The normalized spacial score (nSPS) is 13.1. The molecule has 3 rings (SSSR count). The van der Waals surface area contributed by atoms with Gasteiger partial charge >= 0.3 is 0 Å². The first kappa shape index (κ1) is 17.7. The van der Waals surface area contributed by atoms with E-state index in [1.807, 2.05) is 43.6 Å². The van der Waals surface area contributed by atoms with Crippen molar-refractivity contribution in [2.45, 2.75) is 13.3 Å². The number of hydrogen-bond donors (Lipinski definition) is 3. The Kier molecular flexibility index (Phi) is 5.36. The maximum absolute atomic E-state index is 6.28. The summed E-state index contributed by atoms with van der Waals surface area (Å²) in [6, 6.07) is 7.93. The maximum atomic E-state index is 6.28. The number of hydrogen-bond acceptors (Lipinski definition) is 7. The molecule has 1 aliphatic heterocycles. The highest BCUT2D eigenvalue weighted by Crippen LogP contribution is 2.41. The minimum Gasteiger partial charge on any atom is -0.493 e. The standard InChI is InChI=1S/C19H25N5O2/c1-4-22-19-18(20)23-14-11-16(25-2)17(26-3)12-15(14)24(19)10-7-13-5-8-21-9-6-13/h5-6,8-9,11-12,22-23H,4,7,10,20H2,1-3H3. The number of ether oxygens (including phenoxy) is 2. The van der Waals surface area contributed by atoms with Crippen LogP contribution in [0.15, 0.2) is 48.3 Å². The number of methoxy groups -OCH3 is 2. The van der Waals surface area contributed by atoms with Gasteiger partial charge in [0.15, 0.2) is 11.5 Å². The Morgan fingerprint density at radius 1 is 1.15 bits per heavy atom. The summed E-state index contributed by atoms with van der Waals surface area (Å²) in [7, 11) is 3.26. The smallest absolute Gasteiger partial charge is 0.162 e. The van der Waals surface area contributed by atoms with Crippen molar-refractivity contribution in [3.05, 3.63) is 53.9 Å². The fraction of sp³-hybridized carbons (Fsp3) is 0.316. The lowest BCUT2D eigenvalue weighted by Gasteiger charge is -2.35. The molecule has 7 nitrogen and oxygen atoms in total. The number of benzene rings is 1. The summed E-state index contributed by atoms with van der Waals surface area (Å²) >= 11 is 0. The first-order valence-electron chi connectivity index (χ1n) is 8.61. The van der Waals surface area contributed by atoms with Crippen molar-refractivity contribution in [2.24, 2.45) is 5.73 Å². The first-order valence-corrected chi connectivity index (χ1v) is 8.61. The molecule has 26 heavy (non-hydrogen) atoms. The van der Waals surface area contributed by atoms with Gasteiger partial charge in [0.2, 0.25) is 0 Å². The monoisotopic (exact) mass is 355 g/mol. The number of fused-ring (bicyclic) bond motifs is 1. The number of nitrogens with one attached hydrogen (secondary N) is 2. The highest BCUT2D eigenvalue weighted by Gasteiger charge is 2.25. The van der Waals surface area contributed by atoms with Crippen molar-refractivity contribution in [1.29, 1.82) is 0 Å². The molecule has 0 bridgehead atoms. The van der Waals surface area contributed by atoms with E-state index >= 15 is 0 Å². The molecule has 1 aromatic heterocycles. The van der Waals surface area contributed by atoms with Crippen molar-refractivity contribution in [2.75, 3.05) is 37.5 Å². The van der Waals surface area contributed by atoms with Crippen LogP contribution >= 0.6 is 0 Å². The van der Waals surface area contributed by atoms with Gasteiger partial charge in [-0.3, -0.25) is 4.98 Å². The lowest BCUT2D eigenvalue weighted by atomic mass is 10.1. The predicted molar refractivity (Wildman–Crippen MR) is 103 cm³/mol. The molecule has 1 aliphatic rings. The maximum Gasteiger partial charge on any atom is 0.162 e. The molecule has 0 amide bonds. The predicted octanol–water partition coefficient (Wildman–Crippen LogP) is 2.27. The van der Waals surface area contributed by atoms with E-state index in [-0.39, 0.29) is 0 Å². The molecular weight excluding hydrogens is 330 g/mol. The van der Waals surface area contributed by atoms with Crippen LogP contribution in [0.3, 0.4) is 0 Å². The molecule has 4 N–H and O–H groups in total. The second-order valence-corrected chi connectivity index (χ2v) is 5.90. The van der Waals surface area contributed by atoms with E-state index in [1.54, 1.807) is 14.2 Å². The van der Waals surface area contributed by atoms with Crippen LogP contribution in [-0.2, 0) is 6.42 Å². The molecule has 1 aromatic carbocycles. The Hall–Kier alpha value is -3.09. The molecule has 0 saturated carbocycles. The third-order valence-electron chi connectivity index (χ3n) is 4.30. The largest absolute Gasteiger partial charge is 0.493 e. The number of rotatable bonds is 7. The van der Waals surface area contributed by atoms with Crippen LogP contribution in [0.2, 0.25) is 0 Å². The summed E-state index contributed by atoms with van der Waals surface area (Å²) in [5.41, 5.74) is 9.37. The Balaban J connectivity index is 1.98. The van der Waals surface area contributed by atoms with Crippen LogP contribution in [0, 0.1) is 0 Å². The second kappa shape index (κ2) is 7.86. The van der Waals surface area contributed by atoms with Crippen LogP contribution in [0.5, 0.6) is 11.5 Å². The summed E-state index contributed by atoms with van der Waals surface area (Å²) in [4.78, 5) is 6.25. The lowest BCUT2D eigenvalue weighted by Crippen LogP contribution is -2.40. The lowest BCUT2D eigenvalue weighted by molar-refractivity contribution is 0.355. The molecule has 2 heterocycles. The van der Waals surface area contributed by atoms with Gasteiger partial charge in [0.1, 0.15) is 11.6 Å². The van der Waals surface area contributed by atoms with E-state index in [4.69, 9.17) is 15.2 Å². The highest BCUT2D eigenvalue weighted by molar-refractivity contribution is 5.81. The van der Waals surface area contributed by atoms with Gasteiger partial charge in [-0.15, -0.1) is 0 Å². The van der Waals surface area contributed by atoms with Crippen molar-refractivity contribution in [1.82, 2.24) is 10.3 Å². The van der Waals surface area contributed by atoms with Crippen molar-refractivity contribution >= 4 is 11.4 Å². The van der Waals surface area contributed by atoms with E-state index in [0.717, 1.165) is 36.7 Å². The molecule has 0 aliphatic carbocycles. The number of aromatic nitrogens is 1. The molecule has 2 aromatic rings. The van der Waals surface area contributed by atoms with Crippen LogP contribution in [0.1, 0.15) is 12.5 Å². The van der Waals surface area contributed by atoms with Gasteiger partial charge in [-0.05, 0) is 31.0 Å². The number of nitrogens with zero attached hydrogens (tertiary/aromatic N) is 2. The molecule has 0 saturated heterocycles. The zero-order valence-corrected chi connectivity index (χ0v) is 15.4. The van der Waals surface area contributed by atoms with Crippen molar-refractivity contribution in [3.8, 4) is 11.5 Å². The average Bonchev–Trinajstić information content (AvgIpc) is 2.67. The van der Waals surface area contributed by atoms with Gasteiger partial charge in [-0.2, -0.15) is 0 Å². The zero-order valence-electron chi connectivity index (χ0n) is 15.4. The van der Waals surface area contributed by atoms with Gasteiger partial charge in [0.25, 0.3) is 0 Å². The van der Waals surface area contributed by atoms with E-state index in [2.05, 4.69) is 20.5 Å². The van der Waals surface area contributed by atoms with Gasteiger partial charge < -0.3 is 30.7 Å². The van der Waals surface area contributed by atoms with Gasteiger partial charge in [-0.25, -0.2) is 0 Å². The Labute approximate surface area is 153 Å². The molecule has 138 valence electrons. The van der Waals surface area contributed by atoms with Crippen LogP contribution in [-0.4, -0.2) is 32.3 Å². The number of nitrogens with two attached hydrogens (primary N) is 1. The molecule has 7 heteroatoms. The van der Waals surface area contributed by atoms with Gasteiger partial charge in [-0.1, -0.05) is 0 Å². The minimum absolute atomic E-state index is 0.585. The molecule has 0 radical (unpaired) electrons. The SMILES string of the molecule is CCNC1=C(N)Nc2cc(OC)c(OC)cc2N1CCc1ccncc1. The van der Waals surface area contributed by atoms with Gasteiger partial charge in [0, 0.05) is 37.6 Å². The Morgan fingerprint density at radius 3 is 2.50 bits per heavy atom. The molecule has 0 unspecified atom stereocenters. The van der Waals surface area contributed by atoms with Crippen molar-refractivity contribution < 1.29 is 9.47 Å². The van der Waals surface area contributed by atoms with Crippen LogP contribution in [0.4, 0.5) is 11.4 Å². The van der Waals surface area contributed by atoms with E-state index in [0.29, 0.717) is 17.3 Å².